The number of pyridine rings is 1. The summed E-state index contributed by atoms with van der Waals surface area (Å²) in [7, 11) is 1.35. The molecule has 1 aliphatic heterocycles. The van der Waals surface area contributed by atoms with E-state index >= 15 is 0 Å². The normalized spacial score (nSPS) is 17.8. The Morgan fingerprint density at radius 3 is 2.78 bits per heavy atom. The number of carbonyl (C=O) groups is 2. The first-order chi connectivity index (χ1) is 15.5. The number of rotatable bonds is 7. The van der Waals surface area contributed by atoms with Gasteiger partial charge in [-0.1, -0.05) is 18.2 Å². The number of thiocarbonyl (C=S) groups is 1. The Balaban J connectivity index is 1.69. The molecular formula is C23H21N3O5S. The van der Waals surface area contributed by atoms with Gasteiger partial charge in [0.1, 0.15) is 17.6 Å². The molecule has 2 N–H and O–H groups in total. The molecule has 8 nitrogen and oxygen atoms in total. The molecular weight excluding hydrogens is 430 g/mol. The summed E-state index contributed by atoms with van der Waals surface area (Å²) in [6.45, 7) is 0.344. The Labute approximate surface area is 189 Å². The van der Waals surface area contributed by atoms with E-state index < -0.39 is 5.97 Å². The maximum absolute atomic E-state index is 11.7. The molecule has 2 atom stereocenters. The second-order valence-corrected chi connectivity index (χ2v) is 7.62. The smallest absolute Gasteiger partial charge is 0.335 e. The van der Waals surface area contributed by atoms with E-state index in [4.69, 9.17) is 21.4 Å². The van der Waals surface area contributed by atoms with Crippen LogP contribution in [0.2, 0.25) is 0 Å². The van der Waals surface area contributed by atoms with Crippen molar-refractivity contribution in [2.75, 3.05) is 13.7 Å². The summed E-state index contributed by atoms with van der Waals surface area (Å²) in [6, 6.07) is 15.2. The first kappa shape index (κ1) is 21.5. The van der Waals surface area contributed by atoms with Crippen molar-refractivity contribution in [3.63, 3.8) is 0 Å². The fraction of sp³-hybridized carbons (Fsp3) is 0.217. The summed E-state index contributed by atoms with van der Waals surface area (Å²) in [5.41, 5.74) is 1.61. The first-order valence-corrected chi connectivity index (χ1v) is 10.4. The molecule has 3 heterocycles. The zero-order valence-electron chi connectivity index (χ0n) is 17.2. The third-order valence-electron chi connectivity index (χ3n) is 5.29. The molecule has 1 aliphatic rings. The summed E-state index contributed by atoms with van der Waals surface area (Å²) >= 11 is 5.56. The highest BCUT2D eigenvalue weighted by Crippen LogP contribution is 2.40. The first-order valence-electron chi connectivity index (χ1n) is 9.96. The second kappa shape index (κ2) is 9.19. The number of carboxylic acid groups (broad SMARTS) is 1. The van der Waals surface area contributed by atoms with Gasteiger partial charge in [-0.2, -0.15) is 0 Å². The van der Waals surface area contributed by atoms with Crippen molar-refractivity contribution in [2.24, 2.45) is 0 Å². The lowest BCUT2D eigenvalue weighted by atomic mass is 10.0. The number of benzene rings is 1. The van der Waals surface area contributed by atoms with E-state index in [1.165, 1.54) is 13.2 Å². The predicted octanol–water partition coefficient (Wildman–Crippen LogP) is 3.58. The molecule has 3 aromatic rings. The minimum absolute atomic E-state index is 0.165. The zero-order chi connectivity index (χ0) is 22.7. The van der Waals surface area contributed by atoms with Crippen LogP contribution in [0.4, 0.5) is 0 Å². The maximum atomic E-state index is 11.7. The maximum Gasteiger partial charge on any atom is 0.335 e. The van der Waals surface area contributed by atoms with Crippen molar-refractivity contribution in [2.45, 2.75) is 18.5 Å². The van der Waals surface area contributed by atoms with Crippen LogP contribution < -0.4 is 5.32 Å². The molecule has 164 valence electrons. The van der Waals surface area contributed by atoms with Gasteiger partial charge >= 0.3 is 11.9 Å². The van der Waals surface area contributed by atoms with Crippen molar-refractivity contribution in [3.8, 4) is 11.3 Å². The number of nitrogens with zero attached hydrogens (tertiary/aromatic N) is 2. The lowest BCUT2D eigenvalue weighted by Crippen LogP contribution is -2.31. The molecule has 4 rings (SSSR count). The number of nitrogens with one attached hydrogen (secondary N) is 1. The van der Waals surface area contributed by atoms with Crippen molar-refractivity contribution in [1.82, 2.24) is 15.2 Å². The highest BCUT2D eigenvalue weighted by Gasteiger charge is 2.41. The minimum atomic E-state index is -1.01. The monoisotopic (exact) mass is 451 g/mol. The number of aromatic nitrogens is 1. The standard InChI is InChI=1S/C23H21N3O5S/c1-30-19(27)10-12-26-21(20(25-23(26)32)16-7-2-3-11-24-16)18-9-8-17(31-18)14-5-4-6-15(13-14)22(28)29/h2-9,11,13,20-21H,10,12H2,1H3,(H,25,32)(H,28,29)/t20-,21+/m1/s1. The summed E-state index contributed by atoms with van der Waals surface area (Å²) < 4.78 is 11.0. The molecule has 0 radical (unpaired) electrons. The molecule has 32 heavy (non-hydrogen) atoms. The van der Waals surface area contributed by atoms with Crippen LogP contribution in [0.15, 0.2) is 65.2 Å². The Kier molecular flexibility index (Phi) is 6.18. The lowest BCUT2D eigenvalue weighted by molar-refractivity contribution is -0.140. The number of carboxylic acids is 1. The molecule has 2 aromatic heterocycles. The number of esters is 1. The van der Waals surface area contributed by atoms with Crippen LogP contribution in [-0.2, 0) is 9.53 Å². The molecule has 0 amide bonds. The zero-order valence-corrected chi connectivity index (χ0v) is 18.0. The van der Waals surface area contributed by atoms with Gasteiger partial charge in [-0.15, -0.1) is 0 Å². The van der Waals surface area contributed by atoms with Crippen molar-refractivity contribution < 1.29 is 23.8 Å². The van der Waals surface area contributed by atoms with Crippen molar-refractivity contribution in [1.29, 1.82) is 0 Å². The number of aromatic carboxylic acids is 1. The molecule has 9 heteroatoms. The van der Waals surface area contributed by atoms with E-state index in [1.807, 2.05) is 29.2 Å². The number of furan rings is 1. The van der Waals surface area contributed by atoms with Gasteiger partial charge in [-0.3, -0.25) is 9.78 Å². The minimum Gasteiger partial charge on any atom is -0.478 e. The SMILES string of the molecule is COC(=O)CCN1C(=S)N[C@H](c2ccccn2)[C@@H]1c1ccc(-c2cccc(C(=O)O)c2)o1. The van der Waals surface area contributed by atoms with Gasteiger partial charge in [0, 0.05) is 18.3 Å². The van der Waals surface area contributed by atoms with Crippen LogP contribution in [0.25, 0.3) is 11.3 Å². The van der Waals surface area contributed by atoms with Gasteiger partial charge < -0.3 is 24.5 Å². The van der Waals surface area contributed by atoms with E-state index in [-0.39, 0.29) is 30.0 Å². The van der Waals surface area contributed by atoms with Gasteiger partial charge in [-0.25, -0.2) is 4.79 Å². The largest absolute Gasteiger partial charge is 0.478 e. The number of ether oxygens (including phenoxy) is 1. The third-order valence-corrected chi connectivity index (χ3v) is 5.65. The lowest BCUT2D eigenvalue weighted by Gasteiger charge is -2.25. The van der Waals surface area contributed by atoms with Gasteiger partial charge in [0.15, 0.2) is 5.11 Å². The fourth-order valence-electron chi connectivity index (χ4n) is 3.74. The molecule has 1 saturated heterocycles. The Morgan fingerprint density at radius 2 is 2.06 bits per heavy atom. The van der Waals surface area contributed by atoms with Crippen LogP contribution in [-0.4, -0.2) is 45.7 Å². The molecule has 0 spiro atoms. The van der Waals surface area contributed by atoms with Gasteiger partial charge in [0.2, 0.25) is 0 Å². The quantitative estimate of drug-likeness (QED) is 0.412. The van der Waals surface area contributed by atoms with E-state index in [2.05, 4.69) is 10.3 Å². The highest BCUT2D eigenvalue weighted by atomic mass is 32.1. The average molecular weight is 452 g/mol. The van der Waals surface area contributed by atoms with Gasteiger partial charge in [-0.05, 0) is 48.6 Å². The topological polar surface area (TPSA) is 105 Å². The molecule has 1 fully saturated rings. The summed E-state index contributed by atoms with van der Waals surface area (Å²) in [6.07, 6.45) is 1.87. The van der Waals surface area contributed by atoms with Crippen molar-refractivity contribution >= 4 is 29.3 Å². The van der Waals surface area contributed by atoms with Gasteiger partial charge in [0.25, 0.3) is 0 Å². The summed E-state index contributed by atoms with van der Waals surface area (Å²) in [4.78, 5) is 29.4. The van der Waals surface area contributed by atoms with E-state index in [0.717, 1.165) is 5.69 Å². The van der Waals surface area contributed by atoms with Gasteiger partial charge in [0.05, 0.1) is 30.8 Å². The van der Waals surface area contributed by atoms with Crippen LogP contribution in [0.1, 0.15) is 40.3 Å². The second-order valence-electron chi connectivity index (χ2n) is 7.23. The van der Waals surface area contributed by atoms with Crippen LogP contribution in [0.5, 0.6) is 0 Å². The highest BCUT2D eigenvalue weighted by molar-refractivity contribution is 7.80. The Bertz CT molecular complexity index is 1150. The Morgan fingerprint density at radius 1 is 1.22 bits per heavy atom. The third kappa shape index (κ3) is 4.33. The summed E-state index contributed by atoms with van der Waals surface area (Å²) in [5, 5.41) is 13.1. The van der Waals surface area contributed by atoms with E-state index in [0.29, 0.717) is 28.7 Å². The number of carbonyl (C=O) groups excluding carboxylic acids is 1. The number of methoxy groups -OCH3 is 1. The van der Waals surface area contributed by atoms with E-state index in [9.17, 15) is 14.7 Å². The molecule has 0 bridgehead atoms. The molecule has 0 aliphatic carbocycles. The number of hydrogen-bond acceptors (Lipinski definition) is 6. The molecule has 0 saturated carbocycles. The molecule has 0 unspecified atom stereocenters. The average Bonchev–Trinajstić information content (AvgIpc) is 3.42. The number of hydrogen-bond donors (Lipinski definition) is 2. The summed E-state index contributed by atoms with van der Waals surface area (Å²) in [5.74, 6) is -0.186. The predicted molar refractivity (Wildman–Crippen MR) is 120 cm³/mol. The van der Waals surface area contributed by atoms with Crippen LogP contribution in [0.3, 0.4) is 0 Å². The van der Waals surface area contributed by atoms with Crippen molar-refractivity contribution in [3.05, 3.63) is 77.8 Å². The Hall–Kier alpha value is -3.72. The van der Waals surface area contributed by atoms with Crippen LogP contribution >= 0.6 is 12.2 Å². The van der Waals surface area contributed by atoms with Crippen LogP contribution in [0, 0.1) is 0 Å². The van der Waals surface area contributed by atoms with E-state index in [1.54, 1.807) is 30.5 Å². The molecule has 1 aromatic carbocycles. The fourth-order valence-corrected chi connectivity index (χ4v) is 4.07.